The van der Waals surface area contributed by atoms with Crippen LogP contribution in [-0.2, 0) is 6.54 Å². The van der Waals surface area contributed by atoms with Crippen LogP contribution in [0.15, 0.2) is 42.6 Å². The lowest BCUT2D eigenvalue weighted by Crippen LogP contribution is -2.00. The van der Waals surface area contributed by atoms with E-state index < -0.39 is 0 Å². The fraction of sp³-hybridized carbons (Fsp3) is 0.143. The molecule has 0 saturated carbocycles. The van der Waals surface area contributed by atoms with Crippen molar-refractivity contribution in [3.05, 3.63) is 53.7 Å². The van der Waals surface area contributed by atoms with Crippen molar-refractivity contribution in [2.24, 2.45) is 0 Å². The molecule has 0 bridgehead atoms. The number of pyridine rings is 1. The molecule has 0 aliphatic rings. The van der Waals surface area contributed by atoms with Crippen LogP contribution in [-0.4, -0.2) is 19.7 Å². The average Bonchev–Trinajstić information content (AvgIpc) is 2.80. The van der Waals surface area contributed by atoms with E-state index in [2.05, 4.69) is 15.4 Å². The molecule has 1 aromatic carbocycles. The first-order chi connectivity index (χ1) is 9.20. The summed E-state index contributed by atoms with van der Waals surface area (Å²) in [5.74, 6) is 0.865. The molecular weight excluding hydrogens is 240 g/mol. The molecule has 19 heavy (non-hydrogen) atoms. The lowest BCUT2D eigenvalue weighted by atomic mass is 10.2. The number of phenolic OH excluding ortho intramolecular Hbond substituents is 1. The molecule has 0 aliphatic carbocycles. The third kappa shape index (κ3) is 2.49. The topological polar surface area (TPSA) is 62.5 Å². The van der Waals surface area contributed by atoms with Crippen molar-refractivity contribution in [3.8, 4) is 5.75 Å². The molecule has 2 aromatic heterocycles. The number of phenols is 1. The van der Waals surface area contributed by atoms with Gasteiger partial charge in [-0.2, -0.15) is 4.98 Å². The fourth-order valence-corrected chi connectivity index (χ4v) is 1.86. The molecule has 0 atom stereocenters. The van der Waals surface area contributed by atoms with Crippen molar-refractivity contribution in [2.45, 2.75) is 13.5 Å². The molecule has 0 saturated heterocycles. The van der Waals surface area contributed by atoms with Crippen molar-refractivity contribution in [1.82, 2.24) is 14.6 Å². The van der Waals surface area contributed by atoms with Crippen LogP contribution in [0.5, 0.6) is 5.75 Å². The molecule has 3 aromatic rings. The van der Waals surface area contributed by atoms with Crippen molar-refractivity contribution < 1.29 is 5.11 Å². The maximum absolute atomic E-state index is 9.21. The normalized spacial score (nSPS) is 10.8. The first kappa shape index (κ1) is 11.5. The SMILES string of the molecule is Cc1ccc2nc(NCc3ccc(O)cc3)nn2c1. The Morgan fingerprint density at radius 3 is 2.74 bits per heavy atom. The Morgan fingerprint density at radius 2 is 1.95 bits per heavy atom. The van der Waals surface area contributed by atoms with E-state index in [1.807, 2.05) is 37.4 Å². The van der Waals surface area contributed by atoms with Crippen LogP contribution in [0.4, 0.5) is 5.95 Å². The zero-order valence-corrected chi connectivity index (χ0v) is 10.5. The molecule has 0 fully saturated rings. The predicted octanol–water partition coefficient (Wildman–Crippen LogP) is 2.36. The number of aromatic nitrogens is 3. The van der Waals surface area contributed by atoms with Gasteiger partial charge in [0.25, 0.3) is 0 Å². The number of rotatable bonds is 3. The van der Waals surface area contributed by atoms with E-state index in [4.69, 9.17) is 0 Å². The van der Waals surface area contributed by atoms with Gasteiger partial charge in [-0.05, 0) is 36.2 Å². The number of anilines is 1. The zero-order valence-electron chi connectivity index (χ0n) is 10.5. The third-order valence-corrected chi connectivity index (χ3v) is 2.87. The Kier molecular flexibility index (Phi) is 2.79. The summed E-state index contributed by atoms with van der Waals surface area (Å²) in [6, 6.07) is 11.0. The summed E-state index contributed by atoms with van der Waals surface area (Å²) in [5, 5.41) is 16.7. The summed E-state index contributed by atoms with van der Waals surface area (Å²) >= 11 is 0. The number of fused-ring (bicyclic) bond motifs is 1. The molecule has 3 rings (SSSR count). The largest absolute Gasteiger partial charge is 0.508 e. The predicted molar refractivity (Wildman–Crippen MR) is 73.2 cm³/mol. The number of hydrogen-bond acceptors (Lipinski definition) is 4. The van der Waals surface area contributed by atoms with Gasteiger partial charge in [-0.15, -0.1) is 5.10 Å². The number of benzene rings is 1. The number of nitrogens with zero attached hydrogens (tertiary/aromatic N) is 3. The van der Waals surface area contributed by atoms with Gasteiger partial charge in [0.15, 0.2) is 5.65 Å². The molecule has 96 valence electrons. The molecule has 2 heterocycles. The van der Waals surface area contributed by atoms with Gasteiger partial charge in [-0.25, -0.2) is 4.52 Å². The summed E-state index contributed by atoms with van der Waals surface area (Å²) in [4.78, 5) is 4.38. The second-order valence-corrected chi connectivity index (χ2v) is 4.46. The monoisotopic (exact) mass is 254 g/mol. The van der Waals surface area contributed by atoms with Gasteiger partial charge in [-0.1, -0.05) is 18.2 Å². The molecule has 0 spiro atoms. The highest BCUT2D eigenvalue weighted by Crippen LogP contribution is 2.12. The molecule has 2 N–H and O–H groups in total. The summed E-state index contributed by atoms with van der Waals surface area (Å²) in [5.41, 5.74) is 3.02. The highest BCUT2D eigenvalue weighted by atomic mass is 16.3. The van der Waals surface area contributed by atoms with Crippen LogP contribution in [0.25, 0.3) is 5.65 Å². The second-order valence-electron chi connectivity index (χ2n) is 4.46. The van der Waals surface area contributed by atoms with E-state index in [9.17, 15) is 5.11 Å². The van der Waals surface area contributed by atoms with E-state index in [0.717, 1.165) is 16.8 Å². The quantitative estimate of drug-likeness (QED) is 0.753. The molecule has 0 aliphatic heterocycles. The Hall–Kier alpha value is -2.56. The van der Waals surface area contributed by atoms with E-state index in [1.54, 1.807) is 16.6 Å². The van der Waals surface area contributed by atoms with Crippen LogP contribution in [0.3, 0.4) is 0 Å². The van der Waals surface area contributed by atoms with Crippen molar-refractivity contribution >= 4 is 11.6 Å². The molecule has 5 nitrogen and oxygen atoms in total. The van der Waals surface area contributed by atoms with Crippen LogP contribution >= 0.6 is 0 Å². The highest BCUT2D eigenvalue weighted by molar-refractivity contribution is 5.44. The minimum absolute atomic E-state index is 0.269. The van der Waals surface area contributed by atoms with Gasteiger partial charge >= 0.3 is 0 Å². The zero-order chi connectivity index (χ0) is 13.2. The lowest BCUT2D eigenvalue weighted by molar-refractivity contribution is 0.475. The van der Waals surface area contributed by atoms with Gasteiger partial charge in [-0.3, -0.25) is 0 Å². The third-order valence-electron chi connectivity index (χ3n) is 2.87. The van der Waals surface area contributed by atoms with Gasteiger partial charge in [0.1, 0.15) is 5.75 Å². The van der Waals surface area contributed by atoms with Gasteiger partial charge in [0.05, 0.1) is 0 Å². The second kappa shape index (κ2) is 4.61. The Balaban J connectivity index is 1.76. The lowest BCUT2D eigenvalue weighted by Gasteiger charge is -2.01. The average molecular weight is 254 g/mol. The minimum Gasteiger partial charge on any atom is -0.508 e. The van der Waals surface area contributed by atoms with E-state index in [0.29, 0.717) is 12.5 Å². The van der Waals surface area contributed by atoms with E-state index in [-0.39, 0.29) is 5.75 Å². The number of aromatic hydroxyl groups is 1. The van der Waals surface area contributed by atoms with Crippen LogP contribution in [0, 0.1) is 6.92 Å². The fourth-order valence-electron chi connectivity index (χ4n) is 1.86. The van der Waals surface area contributed by atoms with Gasteiger partial charge in [0.2, 0.25) is 5.95 Å². The minimum atomic E-state index is 0.269. The summed E-state index contributed by atoms with van der Waals surface area (Å²) < 4.78 is 1.76. The van der Waals surface area contributed by atoms with Crippen LogP contribution in [0.2, 0.25) is 0 Å². The summed E-state index contributed by atoms with van der Waals surface area (Å²) in [6.07, 6.45) is 1.94. The summed E-state index contributed by atoms with van der Waals surface area (Å²) in [6.45, 7) is 2.64. The number of aryl methyl sites for hydroxylation is 1. The van der Waals surface area contributed by atoms with Gasteiger partial charge < -0.3 is 10.4 Å². The Labute approximate surface area is 110 Å². The first-order valence-corrected chi connectivity index (χ1v) is 6.05. The van der Waals surface area contributed by atoms with E-state index >= 15 is 0 Å². The number of nitrogens with one attached hydrogen (secondary N) is 1. The van der Waals surface area contributed by atoms with E-state index in [1.165, 1.54) is 0 Å². The van der Waals surface area contributed by atoms with Crippen LogP contribution < -0.4 is 5.32 Å². The molecular formula is C14H14N4O. The number of hydrogen-bond donors (Lipinski definition) is 2. The first-order valence-electron chi connectivity index (χ1n) is 6.05. The van der Waals surface area contributed by atoms with Crippen molar-refractivity contribution in [1.29, 1.82) is 0 Å². The molecule has 5 heteroatoms. The van der Waals surface area contributed by atoms with Crippen LogP contribution in [0.1, 0.15) is 11.1 Å². The maximum Gasteiger partial charge on any atom is 0.243 e. The van der Waals surface area contributed by atoms with Crippen molar-refractivity contribution in [2.75, 3.05) is 5.32 Å². The van der Waals surface area contributed by atoms with Crippen molar-refractivity contribution in [3.63, 3.8) is 0 Å². The molecule has 0 radical (unpaired) electrons. The molecule has 0 amide bonds. The summed E-state index contributed by atoms with van der Waals surface area (Å²) in [7, 11) is 0. The Morgan fingerprint density at radius 1 is 1.16 bits per heavy atom. The Bertz CT molecular complexity index is 703. The molecule has 0 unspecified atom stereocenters. The smallest absolute Gasteiger partial charge is 0.243 e. The standard InChI is InChI=1S/C14H14N4O/c1-10-2-7-13-16-14(17-18(13)9-10)15-8-11-3-5-12(19)6-4-11/h2-7,9,19H,8H2,1H3,(H,15,17). The maximum atomic E-state index is 9.21. The van der Waals surface area contributed by atoms with Gasteiger partial charge in [0, 0.05) is 12.7 Å². The highest BCUT2D eigenvalue weighted by Gasteiger charge is 2.03.